The van der Waals surface area contributed by atoms with Gasteiger partial charge in [0.05, 0.1) is 0 Å². The zero-order valence-corrected chi connectivity index (χ0v) is 17.3. The lowest BCUT2D eigenvalue weighted by Crippen LogP contribution is -2.29. The normalized spacial score (nSPS) is 12.2. The van der Waals surface area contributed by atoms with Crippen molar-refractivity contribution in [1.29, 1.82) is 0 Å². The highest BCUT2D eigenvalue weighted by molar-refractivity contribution is 5.77. The molecule has 2 aromatic carbocycles. The van der Waals surface area contributed by atoms with Gasteiger partial charge in [-0.1, -0.05) is 30.7 Å². The minimum atomic E-state index is -0.413. The molecular formula is C23H30F2N2O2. The van der Waals surface area contributed by atoms with Crippen molar-refractivity contribution in [2.24, 2.45) is 5.92 Å². The average Bonchev–Trinajstić information content (AvgIpc) is 2.69. The largest absolute Gasteiger partial charge is 0.302 e. The highest BCUT2D eigenvalue weighted by Crippen LogP contribution is 2.21. The summed E-state index contributed by atoms with van der Waals surface area (Å²) < 4.78 is 26.8. The minimum Gasteiger partial charge on any atom is -0.302 e. The van der Waals surface area contributed by atoms with E-state index in [2.05, 4.69) is 4.90 Å². The van der Waals surface area contributed by atoms with Crippen LogP contribution < -0.4 is 5.48 Å². The number of hydrogen-bond acceptors (Lipinski definition) is 3. The van der Waals surface area contributed by atoms with Gasteiger partial charge in [-0.25, -0.2) is 14.3 Å². The van der Waals surface area contributed by atoms with Crippen LogP contribution in [0.25, 0.3) is 0 Å². The second-order valence-electron chi connectivity index (χ2n) is 7.78. The van der Waals surface area contributed by atoms with Crippen LogP contribution in [0.15, 0.2) is 36.4 Å². The molecule has 0 spiro atoms. The van der Waals surface area contributed by atoms with Gasteiger partial charge in [-0.05, 0) is 81.1 Å². The van der Waals surface area contributed by atoms with E-state index < -0.39 is 5.91 Å². The second kappa shape index (κ2) is 11.0. The Morgan fingerprint density at radius 3 is 2.28 bits per heavy atom. The summed E-state index contributed by atoms with van der Waals surface area (Å²) in [5, 5.41) is 9.07. The van der Waals surface area contributed by atoms with E-state index in [0.29, 0.717) is 24.0 Å². The number of carbonyl (C=O) groups excluding carboxylic acids is 1. The quantitative estimate of drug-likeness (QED) is 0.347. The smallest absolute Gasteiger partial charge is 0.246 e. The molecule has 0 fully saturated rings. The summed E-state index contributed by atoms with van der Waals surface area (Å²) >= 11 is 0. The van der Waals surface area contributed by atoms with Gasteiger partial charge in [-0.15, -0.1) is 0 Å². The zero-order valence-electron chi connectivity index (χ0n) is 17.3. The number of benzene rings is 2. The Morgan fingerprint density at radius 2 is 1.69 bits per heavy atom. The molecule has 0 heterocycles. The van der Waals surface area contributed by atoms with Gasteiger partial charge in [0.2, 0.25) is 5.91 Å². The van der Waals surface area contributed by atoms with Gasteiger partial charge in [-0.3, -0.25) is 10.0 Å². The lowest BCUT2D eigenvalue weighted by atomic mass is 9.91. The lowest BCUT2D eigenvalue weighted by molar-refractivity contribution is -0.133. The van der Waals surface area contributed by atoms with Gasteiger partial charge in [-0.2, -0.15) is 0 Å². The van der Waals surface area contributed by atoms with Crippen LogP contribution in [0, 0.1) is 31.4 Å². The molecule has 1 unspecified atom stereocenters. The van der Waals surface area contributed by atoms with Crippen molar-refractivity contribution in [3.63, 3.8) is 0 Å². The Kier molecular flexibility index (Phi) is 8.73. The van der Waals surface area contributed by atoms with Crippen molar-refractivity contribution >= 4 is 5.91 Å². The van der Waals surface area contributed by atoms with Crippen molar-refractivity contribution in [3.05, 3.63) is 70.3 Å². The first-order valence-electron chi connectivity index (χ1n) is 9.92. The Morgan fingerprint density at radius 1 is 1.07 bits per heavy atom. The first kappa shape index (κ1) is 23.0. The van der Waals surface area contributed by atoms with Crippen LogP contribution in [0.3, 0.4) is 0 Å². The molecule has 0 bridgehead atoms. The summed E-state index contributed by atoms with van der Waals surface area (Å²) in [5.41, 5.74) is 4.82. The molecule has 4 nitrogen and oxygen atoms in total. The van der Waals surface area contributed by atoms with Crippen LogP contribution in [-0.4, -0.2) is 29.6 Å². The predicted octanol–water partition coefficient (Wildman–Crippen LogP) is 4.55. The molecule has 2 N–H and O–H groups in total. The van der Waals surface area contributed by atoms with Crippen molar-refractivity contribution in [1.82, 2.24) is 10.4 Å². The number of hydroxylamine groups is 1. The standard InChI is InChI=1S/C23H30F2N2O2/c1-16-12-19(13-17(2)22(16)25)14-20(23(28)26-29)6-4-5-11-27(3)15-18-7-9-21(24)10-8-18/h7-10,12-13,20,29H,4-6,11,14-15H2,1-3H3,(H,26,28). The van der Waals surface area contributed by atoms with Crippen molar-refractivity contribution in [3.8, 4) is 0 Å². The topological polar surface area (TPSA) is 52.6 Å². The molecule has 1 amide bonds. The molecule has 0 saturated heterocycles. The summed E-state index contributed by atoms with van der Waals surface area (Å²) in [4.78, 5) is 14.2. The van der Waals surface area contributed by atoms with Crippen LogP contribution >= 0.6 is 0 Å². The van der Waals surface area contributed by atoms with Crippen LogP contribution in [-0.2, 0) is 17.8 Å². The molecule has 0 radical (unpaired) electrons. The highest BCUT2D eigenvalue weighted by Gasteiger charge is 2.19. The molecule has 158 valence electrons. The number of nitrogens with zero attached hydrogens (tertiary/aromatic N) is 1. The summed E-state index contributed by atoms with van der Waals surface area (Å²) in [6.45, 7) is 5.00. The van der Waals surface area contributed by atoms with E-state index in [1.165, 1.54) is 12.1 Å². The summed E-state index contributed by atoms with van der Waals surface area (Å²) in [6.07, 6.45) is 2.81. The van der Waals surface area contributed by atoms with Gasteiger partial charge in [0, 0.05) is 12.5 Å². The van der Waals surface area contributed by atoms with Crippen molar-refractivity contribution < 1.29 is 18.8 Å². The van der Waals surface area contributed by atoms with Crippen molar-refractivity contribution in [2.75, 3.05) is 13.6 Å². The fourth-order valence-electron chi connectivity index (χ4n) is 3.61. The summed E-state index contributed by atoms with van der Waals surface area (Å²) in [5.74, 6) is -1.24. The van der Waals surface area contributed by atoms with E-state index in [0.717, 1.165) is 37.1 Å². The van der Waals surface area contributed by atoms with E-state index in [4.69, 9.17) is 5.21 Å². The Bertz CT molecular complexity index is 786. The second-order valence-corrected chi connectivity index (χ2v) is 7.78. The molecule has 2 aromatic rings. The predicted molar refractivity (Wildman–Crippen MR) is 110 cm³/mol. The molecular weight excluding hydrogens is 374 g/mol. The fraction of sp³-hybridized carbons (Fsp3) is 0.435. The molecule has 1 atom stereocenters. The third-order valence-corrected chi connectivity index (χ3v) is 5.17. The maximum Gasteiger partial charge on any atom is 0.246 e. The van der Waals surface area contributed by atoms with Crippen LogP contribution in [0.4, 0.5) is 8.78 Å². The van der Waals surface area contributed by atoms with E-state index >= 15 is 0 Å². The molecule has 29 heavy (non-hydrogen) atoms. The third kappa shape index (κ3) is 7.22. The maximum atomic E-state index is 13.8. The summed E-state index contributed by atoms with van der Waals surface area (Å²) in [7, 11) is 2.01. The average molecular weight is 405 g/mol. The Balaban J connectivity index is 1.84. The first-order chi connectivity index (χ1) is 13.8. The first-order valence-corrected chi connectivity index (χ1v) is 9.92. The highest BCUT2D eigenvalue weighted by atomic mass is 19.1. The van der Waals surface area contributed by atoms with Gasteiger partial charge in [0.1, 0.15) is 11.6 Å². The van der Waals surface area contributed by atoms with Gasteiger partial charge >= 0.3 is 0 Å². The molecule has 0 aliphatic rings. The monoisotopic (exact) mass is 404 g/mol. The Labute approximate surface area is 171 Å². The number of amides is 1. The van der Waals surface area contributed by atoms with Gasteiger partial charge in [0.15, 0.2) is 0 Å². The summed E-state index contributed by atoms with van der Waals surface area (Å²) in [6, 6.07) is 9.99. The van der Waals surface area contributed by atoms with Crippen LogP contribution in [0.1, 0.15) is 41.5 Å². The number of rotatable bonds is 10. The van der Waals surface area contributed by atoms with E-state index in [1.54, 1.807) is 43.6 Å². The lowest BCUT2D eigenvalue weighted by Gasteiger charge is -2.19. The third-order valence-electron chi connectivity index (χ3n) is 5.17. The number of nitrogens with one attached hydrogen (secondary N) is 1. The number of aryl methyl sites for hydroxylation is 2. The van der Waals surface area contributed by atoms with Gasteiger partial charge < -0.3 is 4.90 Å². The molecule has 0 saturated carbocycles. The number of halogens is 2. The number of hydrogen-bond donors (Lipinski definition) is 2. The molecule has 0 aromatic heterocycles. The fourth-order valence-corrected chi connectivity index (χ4v) is 3.61. The maximum absolute atomic E-state index is 13.8. The Hall–Kier alpha value is -2.31. The van der Waals surface area contributed by atoms with E-state index in [9.17, 15) is 13.6 Å². The van der Waals surface area contributed by atoms with Crippen LogP contribution in [0.2, 0.25) is 0 Å². The molecule has 6 heteroatoms. The minimum absolute atomic E-state index is 0.221. The van der Waals surface area contributed by atoms with Gasteiger partial charge in [0.25, 0.3) is 0 Å². The molecule has 0 aliphatic heterocycles. The van der Waals surface area contributed by atoms with E-state index in [-0.39, 0.29) is 17.6 Å². The van der Waals surface area contributed by atoms with E-state index in [1.807, 2.05) is 7.05 Å². The van der Waals surface area contributed by atoms with Crippen LogP contribution in [0.5, 0.6) is 0 Å². The zero-order chi connectivity index (χ0) is 21.4. The van der Waals surface area contributed by atoms with Crippen molar-refractivity contribution in [2.45, 2.75) is 46.1 Å². The number of unbranched alkanes of at least 4 members (excludes halogenated alkanes) is 1. The molecule has 0 aliphatic carbocycles. The number of carbonyl (C=O) groups is 1. The SMILES string of the molecule is Cc1cc(CC(CCCCN(C)Cc2ccc(F)cc2)C(=O)NO)cc(C)c1F. The molecule has 2 rings (SSSR count).